The van der Waals surface area contributed by atoms with E-state index in [1.165, 1.54) is 19.3 Å². The highest BCUT2D eigenvalue weighted by Crippen LogP contribution is 2.50. The van der Waals surface area contributed by atoms with E-state index in [4.69, 9.17) is 11.6 Å². The van der Waals surface area contributed by atoms with Crippen LogP contribution in [0.25, 0.3) is 0 Å². The number of amides is 1. The van der Waals surface area contributed by atoms with Gasteiger partial charge in [-0.3, -0.25) is 9.59 Å². The molecule has 0 radical (unpaired) electrons. The summed E-state index contributed by atoms with van der Waals surface area (Å²) in [5.74, 6) is 1.62. The Morgan fingerprint density at radius 3 is 2.64 bits per heavy atom. The van der Waals surface area contributed by atoms with E-state index in [0.717, 1.165) is 24.8 Å². The van der Waals surface area contributed by atoms with Crippen LogP contribution in [0.2, 0.25) is 5.02 Å². The highest BCUT2D eigenvalue weighted by atomic mass is 35.5. The molecule has 3 fully saturated rings. The third kappa shape index (κ3) is 2.63. The molecule has 0 heterocycles. The number of Topliss-reactive ketones (excluding diaryl/α,β-unsaturated/α-hetero) is 1. The number of carbonyl (C=O) groups is 2. The summed E-state index contributed by atoms with van der Waals surface area (Å²) in [6.45, 7) is 0. The highest BCUT2D eigenvalue weighted by Gasteiger charge is 2.51. The van der Waals surface area contributed by atoms with Crippen LogP contribution in [0, 0.1) is 17.8 Å². The molecule has 3 saturated carbocycles. The van der Waals surface area contributed by atoms with Crippen molar-refractivity contribution in [1.82, 2.24) is 4.90 Å². The van der Waals surface area contributed by atoms with Crippen molar-refractivity contribution in [3.63, 3.8) is 0 Å². The summed E-state index contributed by atoms with van der Waals surface area (Å²) in [5.41, 5.74) is -0.0736. The van der Waals surface area contributed by atoms with Crippen LogP contribution in [0.1, 0.15) is 56.9 Å². The molecular weight excluding hydrogens is 334 g/mol. The van der Waals surface area contributed by atoms with E-state index < -0.39 is 5.54 Å². The summed E-state index contributed by atoms with van der Waals surface area (Å²) in [6, 6.07) is 7.55. The standard InChI is InChI=1S/C21H26ClNO2/c1-23(20(25)16-13-14-9-10-15(16)12-14)21(11-5-4-8-19(21)24)17-6-2-3-7-18(17)22/h2-3,6-7,14-16H,4-5,8-13H2,1H3. The van der Waals surface area contributed by atoms with Crippen LogP contribution < -0.4 is 0 Å². The lowest BCUT2D eigenvalue weighted by Crippen LogP contribution is -2.56. The molecule has 1 amide bonds. The number of hydrogen-bond acceptors (Lipinski definition) is 2. The van der Waals surface area contributed by atoms with Crippen LogP contribution in [0.4, 0.5) is 0 Å². The fourth-order valence-corrected chi connectivity index (χ4v) is 5.91. The minimum atomic E-state index is -0.879. The molecule has 3 aliphatic rings. The molecule has 4 unspecified atom stereocenters. The maximum Gasteiger partial charge on any atom is 0.226 e. The maximum atomic E-state index is 13.4. The predicted molar refractivity (Wildman–Crippen MR) is 98.3 cm³/mol. The number of halogens is 1. The Balaban J connectivity index is 1.72. The van der Waals surface area contributed by atoms with Gasteiger partial charge in [0.1, 0.15) is 5.54 Å². The molecule has 4 heteroatoms. The maximum absolute atomic E-state index is 13.4. The number of likely N-dealkylation sites (N-methyl/N-ethyl adjacent to an activating group) is 1. The lowest BCUT2D eigenvalue weighted by Gasteiger charge is -2.45. The Morgan fingerprint density at radius 1 is 1.20 bits per heavy atom. The number of rotatable bonds is 3. The van der Waals surface area contributed by atoms with Crippen LogP contribution in [-0.4, -0.2) is 23.6 Å². The molecule has 3 aliphatic carbocycles. The first kappa shape index (κ1) is 17.1. The summed E-state index contributed by atoms with van der Waals surface area (Å²) in [7, 11) is 1.83. The lowest BCUT2D eigenvalue weighted by molar-refractivity contribution is -0.152. The summed E-state index contributed by atoms with van der Waals surface area (Å²) < 4.78 is 0. The van der Waals surface area contributed by atoms with Crippen molar-refractivity contribution < 1.29 is 9.59 Å². The fourth-order valence-electron chi connectivity index (χ4n) is 5.61. The Morgan fingerprint density at radius 2 is 2.00 bits per heavy atom. The van der Waals surface area contributed by atoms with Crippen LogP contribution in [0.5, 0.6) is 0 Å². The van der Waals surface area contributed by atoms with Gasteiger partial charge in [0.15, 0.2) is 5.78 Å². The minimum Gasteiger partial charge on any atom is -0.329 e. The molecule has 25 heavy (non-hydrogen) atoms. The Bertz CT molecular complexity index is 703. The van der Waals surface area contributed by atoms with Crippen molar-refractivity contribution >= 4 is 23.3 Å². The number of fused-ring (bicyclic) bond motifs is 2. The van der Waals surface area contributed by atoms with E-state index in [9.17, 15) is 9.59 Å². The summed E-state index contributed by atoms with van der Waals surface area (Å²) in [6.07, 6.45) is 7.69. The summed E-state index contributed by atoms with van der Waals surface area (Å²) in [4.78, 5) is 28.3. The second-order valence-electron chi connectivity index (χ2n) is 8.15. The monoisotopic (exact) mass is 359 g/mol. The molecule has 1 aromatic rings. The number of benzene rings is 1. The molecule has 4 rings (SSSR count). The Labute approximate surface area is 154 Å². The molecule has 1 aromatic carbocycles. The highest BCUT2D eigenvalue weighted by molar-refractivity contribution is 6.31. The second kappa shape index (κ2) is 6.42. The van der Waals surface area contributed by atoms with Gasteiger partial charge in [0.05, 0.1) is 0 Å². The predicted octanol–water partition coefficient (Wildman–Crippen LogP) is 4.57. The van der Waals surface area contributed by atoms with Gasteiger partial charge in [-0.15, -0.1) is 0 Å². The zero-order valence-electron chi connectivity index (χ0n) is 14.8. The lowest BCUT2D eigenvalue weighted by atomic mass is 9.73. The van der Waals surface area contributed by atoms with E-state index >= 15 is 0 Å². The molecule has 0 spiro atoms. The fraction of sp³-hybridized carbons (Fsp3) is 0.619. The SMILES string of the molecule is CN(C(=O)C1CC2CCC1C2)C1(c2ccccc2Cl)CCCCC1=O. The van der Waals surface area contributed by atoms with Gasteiger partial charge in [-0.1, -0.05) is 36.2 Å². The third-order valence-corrected chi connectivity index (χ3v) is 7.26. The number of ketones is 1. The molecule has 0 saturated heterocycles. The van der Waals surface area contributed by atoms with Crippen molar-refractivity contribution in [2.45, 2.75) is 56.9 Å². The molecule has 4 atom stereocenters. The van der Waals surface area contributed by atoms with E-state index in [-0.39, 0.29) is 17.6 Å². The first-order chi connectivity index (χ1) is 12.0. The molecule has 0 aliphatic heterocycles. The largest absolute Gasteiger partial charge is 0.329 e. The average Bonchev–Trinajstić information content (AvgIpc) is 3.25. The van der Waals surface area contributed by atoms with E-state index in [1.54, 1.807) is 4.90 Å². The van der Waals surface area contributed by atoms with Crippen molar-refractivity contribution in [3.05, 3.63) is 34.9 Å². The van der Waals surface area contributed by atoms with Crippen LogP contribution in [0.3, 0.4) is 0 Å². The summed E-state index contributed by atoms with van der Waals surface area (Å²) in [5, 5.41) is 0.588. The van der Waals surface area contributed by atoms with Gasteiger partial charge in [0.2, 0.25) is 5.91 Å². The summed E-state index contributed by atoms with van der Waals surface area (Å²) >= 11 is 6.49. The zero-order chi connectivity index (χ0) is 17.6. The first-order valence-corrected chi connectivity index (χ1v) is 9.98. The number of hydrogen-bond donors (Lipinski definition) is 0. The van der Waals surface area contributed by atoms with E-state index in [0.29, 0.717) is 29.7 Å². The zero-order valence-corrected chi connectivity index (χ0v) is 15.6. The topological polar surface area (TPSA) is 37.4 Å². The van der Waals surface area contributed by atoms with Gasteiger partial charge in [-0.25, -0.2) is 0 Å². The molecular formula is C21H26ClNO2. The number of nitrogens with zero attached hydrogens (tertiary/aromatic N) is 1. The number of carbonyl (C=O) groups excluding carboxylic acids is 2. The van der Waals surface area contributed by atoms with Crippen molar-refractivity contribution in [2.24, 2.45) is 17.8 Å². The first-order valence-electron chi connectivity index (χ1n) is 9.60. The van der Waals surface area contributed by atoms with Gasteiger partial charge < -0.3 is 4.90 Å². The van der Waals surface area contributed by atoms with Crippen molar-refractivity contribution in [1.29, 1.82) is 0 Å². The minimum absolute atomic E-state index is 0.0952. The van der Waals surface area contributed by atoms with Crippen molar-refractivity contribution in [3.8, 4) is 0 Å². The van der Waals surface area contributed by atoms with E-state index in [1.807, 2.05) is 31.3 Å². The molecule has 134 valence electrons. The Kier molecular flexibility index (Phi) is 4.39. The quantitative estimate of drug-likeness (QED) is 0.792. The molecule has 0 aromatic heterocycles. The molecule has 0 N–H and O–H groups in total. The van der Waals surface area contributed by atoms with Crippen LogP contribution in [-0.2, 0) is 15.1 Å². The Hall–Kier alpha value is -1.35. The molecule has 3 nitrogen and oxygen atoms in total. The van der Waals surface area contributed by atoms with Gasteiger partial charge >= 0.3 is 0 Å². The van der Waals surface area contributed by atoms with Crippen LogP contribution >= 0.6 is 11.6 Å². The third-order valence-electron chi connectivity index (χ3n) is 6.93. The second-order valence-corrected chi connectivity index (χ2v) is 8.56. The van der Waals surface area contributed by atoms with E-state index in [2.05, 4.69) is 0 Å². The average molecular weight is 360 g/mol. The van der Waals surface area contributed by atoms with Gasteiger partial charge in [0.25, 0.3) is 0 Å². The normalized spacial score (nSPS) is 34.3. The van der Waals surface area contributed by atoms with Gasteiger partial charge in [-0.2, -0.15) is 0 Å². The van der Waals surface area contributed by atoms with Gasteiger partial charge in [-0.05, 0) is 56.4 Å². The molecule has 2 bridgehead atoms. The smallest absolute Gasteiger partial charge is 0.226 e. The van der Waals surface area contributed by atoms with Crippen molar-refractivity contribution in [2.75, 3.05) is 7.05 Å². The van der Waals surface area contributed by atoms with Gasteiger partial charge in [0, 0.05) is 30.0 Å². The van der Waals surface area contributed by atoms with Crippen LogP contribution in [0.15, 0.2) is 24.3 Å².